The molecule has 0 aliphatic carbocycles. The topological polar surface area (TPSA) is 105 Å². The lowest BCUT2D eigenvalue weighted by Crippen LogP contribution is -2.34. The summed E-state index contributed by atoms with van der Waals surface area (Å²) in [7, 11) is 1.20. The molecule has 0 aliphatic rings. The molecular formula is C13H16N2O5. The third-order valence-electron chi connectivity index (χ3n) is 2.57. The van der Waals surface area contributed by atoms with Gasteiger partial charge in [0.25, 0.3) is 0 Å². The van der Waals surface area contributed by atoms with Gasteiger partial charge < -0.3 is 20.5 Å². The summed E-state index contributed by atoms with van der Waals surface area (Å²) >= 11 is 0. The van der Waals surface area contributed by atoms with Crippen molar-refractivity contribution < 1.29 is 24.2 Å². The zero-order valence-electron chi connectivity index (χ0n) is 11.4. The van der Waals surface area contributed by atoms with Crippen LogP contribution in [0.1, 0.15) is 21.5 Å². The van der Waals surface area contributed by atoms with E-state index in [1.165, 1.54) is 13.2 Å². The van der Waals surface area contributed by atoms with E-state index < -0.39 is 18.0 Å². The largest absolute Gasteiger partial charge is 0.478 e. The molecule has 1 rings (SSSR count). The molecule has 20 heavy (non-hydrogen) atoms. The number of carbonyl (C=O) groups is 3. The minimum absolute atomic E-state index is 0.00396. The van der Waals surface area contributed by atoms with Crippen LogP contribution < -0.4 is 10.6 Å². The highest BCUT2D eigenvalue weighted by molar-refractivity contribution is 6.01. The Morgan fingerprint density at radius 2 is 1.90 bits per heavy atom. The zero-order valence-corrected chi connectivity index (χ0v) is 11.4. The van der Waals surface area contributed by atoms with Gasteiger partial charge >= 0.3 is 18.0 Å². The number of rotatable bonds is 4. The molecule has 0 spiro atoms. The molecule has 108 valence electrons. The van der Waals surface area contributed by atoms with Crippen molar-refractivity contribution in [2.24, 2.45) is 0 Å². The number of nitrogens with one attached hydrogen (secondary N) is 2. The third-order valence-corrected chi connectivity index (χ3v) is 2.57. The van der Waals surface area contributed by atoms with Gasteiger partial charge in [-0.3, -0.25) is 4.79 Å². The van der Waals surface area contributed by atoms with E-state index in [0.29, 0.717) is 5.56 Å². The fourth-order valence-corrected chi connectivity index (χ4v) is 1.68. The molecule has 0 heterocycles. The van der Waals surface area contributed by atoms with Gasteiger partial charge in [-0.25, -0.2) is 9.59 Å². The number of aryl methyl sites for hydroxylation is 2. The second kappa shape index (κ2) is 6.55. The van der Waals surface area contributed by atoms with Crippen LogP contribution in [0.15, 0.2) is 12.1 Å². The fourth-order valence-electron chi connectivity index (χ4n) is 1.68. The maximum absolute atomic E-state index is 11.6. The van der Waals surface area contributed by atoms with E-state index in [9.17, 15) is 14.4 Å². The normalized spacial score (nSPS) is 9.75. The first-order valence-electron chi connectivity index (χ1n) is 5.81. The molecule has 0 unspecified atom stereocenters. The maximum atomic E-state index is 11.6. The molecule has 0 atom stereocenters. The predicted octanol–water partition coefficient (Wildman–Crippen LogP) is 1.30. The molecule has 0 radical (unpaired) electrons. The smallest absolute Gasteiger partial charge is 0.337 e. The number of carbonyl (C=O) groups excluding carboxylic acids is 2. The first kappa shape index (κ1) is 15.5. The lowest BCUT2D eigenvalue weighted by atomic mass is 10.0. The predicted molar refractivity (Wildman–Crippen MR) is 71.9 cm³/mol. The molecule has 0 aliphatic heterocycles. The Labute approximate surface area is 115 Å². The van der Waals surface area contributed by atoms with Crippen molar-refractivity contribution >= 4 is 23.7 Å². The van der Waals surface area contributed by atoms with Crippen LogP contribution in [0, 0.1) is 13.8 Å². The Kier molecular flexibility index (Phi) is 5.08. The van der Waals surface area contributed by atoms with E-state index in [-0.39, 0.29) is 17.8 Å². The third kappa shape index (κ3) is 3.98. The molecule has 1 aromatic carbocycles. The van der Waals surface area contributed by atoms with Crippen LogP contribution in [0.4, 0.5) is 10.5 Å². The van der Waals surface area contributed by atoms with Gasteiger partial charge in [-0.15, -0.1) is 0 Å². The van der Waals surface area contributed by atoms with Crippen molar-refractivity contribution in [1.82, 2.24) is 5.32 Å². The number of ether oxygens (including phenoxy) is 1. The van der Waals surface area contributed by atoms with Crippen LogP contribution in [0.5, 0.6) is 0 Å². The summed E-state index contributed by atoms with van der Waals surface area (Å²) in [5, 5.41) is 13.8. The summed E-state index contributed by atoms with van der Waals surface area (Å²) in [5.41, 5.74) is 1.59. The number of hydrogen-bond donors (Lipinski definition) is 3. The van der Waals surface area contributed by atoms with Crippen molar-refractivity contribution in [3.63, 3.8) is 0 Å². The Balaban J connectivity index is 2.89. The standard InChI is InChI=1S/C13H16N2O5/c1-7-4-8(2)11(9(5-7)12(17)18)15-13(19)14-6-10(16)20-3/h4-5H,6H2,1-3H3,(H,17,18)(H2,14,15,19). The Morgan fingerprint density at radius 3 is 2.45 bits per heavy atom. The molecule has 3 N–H and O–H groups in total. The van der Waals surface area contributed by atoms with E-state index in [0.717, 1.165) is 5.56 Å². The van der Waals surface area contributed by atoms with E-state index in [4.69, 9.17) is 5.11 Å². The van der Waals surface area contributed by atoms with Crippen molar-refractivity contribution in [2.75, 3.05) is 19.0 Å². The number of amides is 2. The van der Waals surface area contributed by atoms with Crippen LogP contribution in [0.3, 0.4) is 0 Å². The monoisotopic (exact) mass is 280 g/mol. The molecule has 0 saturated heterocycles. The summed E-state index contributed by atoms with van der Waals surface area (Å²) in [5.74, 6) is -1.74. The Bertz CT molecular complexity index is 554. The number of urea groups is 1. The summed E-state index contributed by atoms with van der Waals surface area (Å²) in [6.45, 7) is 3.16. The van der Waals surface area contributed by atoms with Crippen LogP contribution in [-0.4, -0.2) is 36.7 Å². The summed E-state index contributed by atoms with van der Waals surface area (Å²) in [6.07, 6.45) is 0. The quantitative estimate of drug-likeness (QED) is 0.721. The molecule has 0 fully saturated rings. The number of methoxy groups -OCH3 is 1. The number of aromatic carboxylic acids is 1. The van der Waals surface area contributed by atoms with E-state index >= 15 is 0 Å². The van der Waals surface area contributed by atoms with Gasteiger partial charge in [0.05, 0.1) is 18.4 Å². The van der Waals surface area contributed by atoms with E-state index in [1.54, 1.807) is 19.9 Å². The number of carboxylic acids is 1. The molecule has 1 aromatic rings. The molecule has 7 nitrogen and oxygen atoms in total. The van der Waals surface area contributed by atoms with Gasteiger partial charge in [-0.1, -0.05) is 6.07 Å². The SMILES string of the molecule is COC(=O)CNC(=O)Nc1c(C)cc(C)cc1C(=O)O. The number of esters is 1. The zero-order chi connectivity index (χ0) is 15.3. The van der Waals surface area contributed by atoms with Crippen molar-refractivity contribution in [1.29, 1.82) is 0 Å². The molecule has 0 saturated carbocycles. The first-order chi connectivity index (χ1) is 9.35. The molecule has 0 aromatic heterocycles. The first-order valence-corrected chi connectivity index (χ1v) is 5.81. The maximum Gasteiger partial charge on any atom is 0.337 e. The van der Waals surface area contributed by atoms with Crippen molar-refractivity contribution in [3.8, 4) is 0 Å². The van der Waals surface area contributed by atoms with Gasteiger partial charge in [0.15, 0.2) is 0 Å². The number of anilines is 1. The van der Waals surface area contributed by atoms with Gasteiger partial charge in [0.1, 0.15) is 6.54 Å². The summed E-state index contributed by atoms with van der Waals surface area (Å²) in [4.78, 5) is 33.7. The van der Waals surface area contributed by atoms with Crippen LogP contribution in [0.2, 0.25) is 0 Å². The summed E-state index contributed by atoms with van der Waals surface area (Å²) < 4.78 is 4.38. The van der Waals surface area contributed by atoms with Crippen molar-refractivity contribution in [3.05, 3.63) is 28.8 Å². The van der Waals surface area contributed by atoms with Crippen LogP contribution in [0.25, 0.3) is 0 Å². The van der Waals surface area contributed by atoms with E-state index in [2.05, 4.69) is 15.4 Å². The Hall–Kier alpha value is -2.57. The second-order valence-corrected chi connectivity index (χ2v) is 4.19. The number of benzene rings is 1. The molecule has 2 amide bonds. The molecule has 7 heteroatoms. The summed E-state index contributed by atoms with van der Waals surface area (Å²) in [6, 6.07) is 2.54. The number of carboxylic acid groups (broad SMARTS) is 1. The molecular weight excluding hydrogens is 264 g/mol. The highest BCUT2D eigenvalue weighted by atomic mass is 16.5. The van der Waals surface area contributed by atoms with Crippen LogP contribution >= 0.6 is 0 Å². The highest BCUT2D eigenvalue weighted by Gasteiger charge is 2.16. The lowest BCUT2D eigenvalue weighted by Gasteiger charge is -2.13. The van der Waals surface area contributed by atoms with Crippen molar-refractivity contribution in [2.45, 2.75) is 13.8 Å². The van der Waals surface area contributed by atoms with E-state index in [1.807, 2.05) is 0 Å². The fraction of sp³-hybridized carbons (Fsp3) is 0.308. The molecule has 0 bridgehead atoms. The van der Waals surface area contributed by atoms with Gasteiger partial charge in [0.2, 0.25) is 0 Å². The average Bonchev–Trinajstić information content (AvgIpc) is 2.38. The van der Waals surface area contributed by atoms with Gasteiger partial charge in [-0.05, 0) is 31.0 Å². The van der Waals surface area contributed by atoms with Crippen LogP contribution in [-0.2, 0) is 9.53 Å². The number of hydrogen-bond acceptors (Lipinski definition) is 4. The minimum Gasteiger partial charge on any atom is -0.478 e. The average molecular weight is 280 g/mol. The minimum atomic E-state index is -1.14. The van der Waals surface area contributed by atoms with Gasteiger partial charge in [0, 0.05) is 0 Å². The second-order valence-electron chi connectivity index (χ2n) is 4.19. The highest BCUT2D eigenvalue weighted by Crippen LogP contribution is 2.22. The Morgan fingerprint density at radius 1 is 1.25 bits per heavy atom. The van der Waals surface area contributed by atoms with Gasteiger partial charge in [-0.2, -0.15) is 0 Å². The lowest BCUT2D eigenvalue weighted by molar-refractivity contribution is -0.139.